The standard InChI is InChI=1S/C34H42N4O7Si/c1-21-32(46(2,3)44)28(18-31(42)35-13-5-8-25(35)20-39)45-34(21)26-17-24(37-15-12-30(37)41)9-10-27(26)38(33(34)43)19-22-6-4-7-23(16-22)36-14-11-29(36)40/h4,6-7,9-10,16-17,21,25,28,32,39,44H,5,8,11-15,18-20H2,1-3H3/t21-,25+,28+,32-,34+/m1/s1. The van der Waals surface area contributed by atoms with Gasteiger partial charge in [-0.05, 0) is 61.8 Å². The van der Waals surface area contributed by atoms with Gasteiger partial charge < -0.3 is 34.2 Å². The van der Waals surface area contributed by atoms with Crippen LogP contribution in [-0.2, 0) is 36.1 Å². The molecule has 5 heterocycles. The molecule has 5 atom stereocenters. The van der Waals surface area contributed by atoms with Crippen LogP contribution in [0.15, 0.2) is 42.5 Å². The molecule has 0 aromatic heterocycles. The molecule has 0 radical (unpaired) electrons. The minimum absolute atomic E-state index is 0.00305. The number of aliphatic hydroxyl groups excluding tert-OH is 1. The van der Waals surface area contributed by atoms with Crippen molar-refractivity contribution in [1.29, 1.82) is 0 Å². The van der Waals surface area contributed by atoms with Crippen LogP contribution >= 0.6 is 0 Å². The highest BCUT2D eigenvalue weighted by atomic mass is 28.4. The Labute approximate surface area is 269 Å². The maximum absolute atomic E-state index is 14.9. The minimum atomic E-state index is -3.01. The summed E-state index contributed by atoms with van der Waals surface area (Å²) >= 11 is 0. The first kappa shape index (κ1) is 31.0. The first-order valence-corrected chi connectivity index (χ1v) is 19.4. The second kappa shape index (κ2) is 11.3. The number of carbonyl (C=O) groups is 4. The highest BCUT2D eigenvalue weighted by molar-refractivity contribution is 6.71. The molecule has 7 rings (SSSR count). The van der Waals surface area contributed by atoms with Gasteiger partial charge in [-0.15, -0.1) is 0 Å². The number of fused-ring (bicyclic) bond motifs is 2. The van der Waals surface area contributed by atoms with Crippen molar-refractivity contribution in [3.05, 3.63) is 53.6 Å². The number of hydrogen-bond donors (Lipinski definition) is 2. The largest absolute Gasteiger partial charge is 0.432 e. The summed E-state index contributed by atoms with van der Waals surface area (Å²) in [4.78, 5) is 71.6. The smallest absolute Gasteiger partial charge is 0.264 e. The second-order valence-corrected chi connectivity index (χ2v) is 18.0. The van der Waals surface area contributed by atoms with Gasteiger partial charge in [0, 0.05) is 60.9 Å². The Bertz CT molecular complexity index is 1610. The highest BCUT2D eigenvalue weighted by Gasteiger charge is 2.66. The number of carbonyl (C=O) groups excluding carboxylic acids is 4. The summed E-state index contributed by atoms with van der Waals surface area (Å²) in [6.07, 6.45) is 1.85. The Morgan fingerprint density at radius 2 is 1.70 bits per heavy atom. The van der Waals surface area contributed by atoms with Gasteiger partial charge in [0.05, 0.1) is 37.4 Å². The average molecular weight is 647 g/mol. The molecule has 2 N–H and O–H groups in total. The second-order valence-electron chi connectivity index (χ2n) is 14.0. The number of likely N-dealkylation sites (tertiary alicyclic amines) is 1. The number of β-lactam (4-membered cyclic amide) rings is 2. The van der Waals surface area contributed by atoms with E-state index < -0.39 is 31.5 Å². The summed E-state index contributed by atoms with van der Waals surface area (Å²) in [6.45, 7) is 7.56. The van der Waals surface area contributed by atoms with Crippen molar-refractivity contribution < 1.29 is 33.8 Å². The van der Waals surface area contributed by atoms with E-state index in [0.717, 1.165) is 24.1 Å². The van der Waals surface area contributed by atoms with Gasteiger partial charge in [0.2, 0.25) is 17.7 Å². The Balaban J connectivity index is 1.28. The zero-order valence-electron chi connectivity index (χ0n) is 26.6. The van der Waals surface area contributed by atoms with Crippen LogP contribution < -0.4 is 14.7 Å². The van der Waals surface area contributed by atoms with E-state index in [2.05, 4.69) is 0 Å². The highest BCUT2D eigenvalue weighted by Crippen LogP contribution is 2.60. The van der Waals surface area contributed by atoms with Crippen molar-refractivity contribution in [2.45, 2.75) is 82.0 Å². The quantitative estimate of drug-likeness (QED) is 0.333. The topological polar surface area (TPSA) is 131 Å². The average Bonchev–Trinajstić information content (AvgIpc) is 3.66. The third-order valence-corrected chi connectivity index (χ3v) is 13.3. The van der Waals surface area contributed by atoms with E-state index in [4.69, 9.17) is 4.74 Å². The molecular formula is C34H42N4O7Si. The van der Waals surface area contributed by atoms with E-state index >= 15 is 0 Å². The van der Waals surface area contributed by atoms with Crippen molar-refractivity contribution in [2.24, 2.45) is 5.92 Å². The lowest BCUT2D eigenvalue weighted by Gasteiger charge is -2.34. The van der Waals surface area contributed by atoms with Crippen LogP contribution in [0.2, 0.25) is 18.6 Å². The van der Waals surface area contributed by atoms with Crippen LogP contribution in [0.25, 0.3) is 0 Å². The summed E-state index contributed by atoms with van der Waals surface area (Å²) in [6, 6.07) is 13.0. The summed E-state index contributed by atoms with van der Waals surface area (Å²) in [7, 11) is -3.01. The van der Waals surface area contributed by atoms with Crippen molar-refractivity contribution in [3.63, 3.8) is 0 Å². The van der Waals surface area contributed by atoms with Crippen LogP contribution in [0.1, 0.15) is 50.2 Å². The molecule has 1 spiro atoms. The van der Waals surface area contributed by atoms with Crippen LogP contribution in [-0.4, -0.2) is 85.1 Å². The monoisotopic (exact) mass is 646 g/mol. The zero-order chi connectivity index (χ0) is 32.5. The Hall–Kier alpha value is -3.58. The normalized spacial score (nSPS) is 29.1. The van der Waals surface area contributed by atoms with Gasteiger partial charge in [0.15, 0.2) is 13.9 Å². The van der Waals surface area contributed by atoms with Gasteiger partial charge in [-0.3, -0.25) is 19.2 Å². The number of anilines is 3. The number of aliphatic hydroxyl groups is 1. The third-order valence-electron chi connectivity index (χ3n) is 10.8. The number of rotatable bonds is 8. The summed E-state index contributed by atoms with van der Waals surface area (Å²) in [5.41, 5.74) is 1.75. The molecule has 2 aromatic carbocycles. The fourth-order valence-electron chi connectivity index (χ4n) is 8.41. The van der Waals surface area contributed by atoms with Crippen molar-refractivity contribution in [2.75, 3.05) is 40.9 Å². The molecule has 4 saturated heterocycles. The Morgan fingerprint density at radius 1 is 1.00 bits per heavy atom. The van der Waals surface area contributed by atoms with Crippen molar-refractivity contribution in [1.82, 2.24) is 4.90 Å². The summed E-state index contributed by atoms with van der Waals surface area (Å²) in [5.74, 6) is -0.786. The van der Waals surface area contributed by atoms with E-state index in [1.165, 1.54) is 0 Å². The molecule has 5 aliphatic heterocycles. The maximum atomic E-state index is 14.9. The lowest BCUT2D eigenvalue weighted by Crippen LogP contribution is -2.46. The lowest BCUT2D eigenvalue weighted by molar-refractivity contribution is -0.150. The fraction of sp³-hybridized carbons (Fsp3) is 0.529. The lowest BCUT2D eigenvalue weighted by atomic mass is 9.82. The van der Waals surface area contributed by atoms with E-state index in [-0.39, 0.29) is 49.2 Å². The Morgan fingerprint density at radius 3 is 2.30 bits per heavy atom. The van der Waals surface area contributed by atoms with Crippen LogP contribution in [0.3, 0.4) is 0 Å². The van der Waals surface area contributed by atoms with Gasteiger partial charge in [0.25, 0.3) is 5.91 Å². The fourth-order valence-corrected chi connectivity index (χ4v) is 11.0. The maximum Gasteiger partial charge on any atom is 0.264 e. The SMILES string of the molecule is C[C@@H]1[C@@H]([Si](C)(C)O)[C@H](CC(=O)N2CCC[C@H]2CO)O[C@@]12C(=O)N(Cc1cccc(N3CCC3=O)c1)c1ccc(N3CCC3=O)cc12. The molecule has 0 saturated carbocycles. The van der Waals surface area contributed by atoms with Gasteiger partial charge >= 0.3 is 0 Å². The van der Waals surface area contributed by atoms with E-state index in [1.807, 2.05) is 62.5 Å². The molecule has 0 aliphatic carbocycles. The van der Waals surface area contributed by atoms with Gasteiger partial charge in [-0.25, -0.2) is 0 Å². The molecular weight excluding hydrogens is 604 g/mol. The number of amides is 4. The van der Waals surface area contributed by atoms with E-state index in [9.17, 15) is 29.1 Å². The molecule has 11 nitrogen and oxygen atoms in total. The molecule has 244 valence electrons. The third kappa shape index (κ3) is 4.80. The number of hydrogen-bond acceptors (Lipinski definition) is 7. The van der Waals surface area contributed by atoms with Gasteiger partial charge in [-0.1, -0.05) is 19.1 Å². The predicted molar refractivity (Wildman–Crippen MR) is 174 cm³/mol. The predicted octanol–water partition coefficient (Wildman–Crippen LogP) is 2.88. The molecule has 2 aromatic rings. The Kier molecular flexibility index (Phi) is 7.62. The first-order valence-electron chi connectivity index (χ1n) is 16.4. The van der Waals surface area contributed by atoms with Gasteiger partial charge in [0.1, 0.15) is 0 Å². The molecule has 46 heavy (non-hydrogen) atoms. The first-order chi connectivity index (χ1) is 21.9. The van der Waals surface area contributed by atoms with Crippen LogP contribution in [0, 0.1) is 5.92 Å². The van der Waals surface area contributed by atoms with Crippen molar-refractivity contribution >= 4 is 49.0 Å². The molecule has 0 unspecified atom stereocenters. The van der Waals surface area contributed by atoms with Crippen LogP contribution in [0.4, 0.5) is 17.1 Å². The zero-order valence-corrected chi connectivity index (χ0v) is 27.6. The van der Waals surface area contributed by atoms with Gasteiger partial charge in [-0.2, -0.15) is 0 Å². The molecule has 4 amide bonds. The molecule has 4 fully saturated rings. The van der Waals surface area contributed by atoms with E-state index in [0.29, 0.717) is 49.4 Å². The molecule has 12 heteroatoms. The summed E-state index contributed by atoms with van der Waals surface area (Å²) < 4.78 is 6.90. The minimum Gasteiger partial charge on any atom is -0.432 e. The summed E-state index contributed by atoms with van der Waals surface area (Å²) in [5, 5.41) is 9.87. The van der Waals surface area contributed by atoms with Crippen molar-refractivity contribution in [3.8, 4) is 0 Å². The van der Waals surface area contributed by atoms with Crippen LogP contribution in [0.5, 0.6) is 0 Å². The number of benzene rings is 2. The van der Waals surface area contributed by atoms with E-state index in [1.54, 1.807) is 19.6 Å². The number of ether oxygens (including phenoxy) is 1. The molecule has 5 aliphatic rings. The molecule has 0 bridgehead atoms. The number of nitrogens with zero attached hydrogens (tertiary/aromatic N) is 4.